The largest absolute Gasteiger partial charge is 0.423 e. The summed E-state index contributed by atoms with van der Waals surface area (Å²) in [5, 5.41) is 0. The lowest BCUT2D eigenvalue weighted by molar-refractivity contribution is -0.140. The number of carbonyl (C=O) groups is 2. The van der Waals surface area contributed by atoms with Gasteiger partial charge in [0, 0.05) is 6.42 Å². The number of ether oxygens (including phenoxy) is 2. The summed E-state index contributed by atoms with van der Waals surface area (Å²) in [5.74, 6) is -0.0900. The predicted octanol–water partition coefficient (Wildman–Crippen LogP) is 6.46. The molecule has 0 amide bonds. The Morgan fingerprint density at radius 1 is 0.815 bits per heavy atom. The molecule has 0 saturated heterocycles. The Morgan fingerprint density at radius 3 is 2.00 bits per heavy atom. The van der Waals surface area contributed by atoms with Gasteiger partial charge < -0.3 is 9.47 Å². The highest BCUT2D eigenvalue weighted by atomic mass is 16.6. The first kappa shape index (κ1) is 23.2. The van der Waals surface area contributed by atoms with E-state index in [-0.39, 0.29) is 17.9 Å². The molecule has 0 bridgehead atoms. The number of carbonyl (C=O) groups excluding carboxylic acids is 2. The standard InChI is InChI=1S/C23H36O4/c1-4-6-8-9-10-11-12-15-19(3)23(25)27-21-17-14-13-16-20(21)26-22(24)18-7-5-2/h13-14,16-17,19H,4-12,15,18H2,1-3H3. The number of hydrogen-bond acceptors (Lipinski definition) is 4. The molecule has 0 radical (unpaired) electrons. The van der Waals surface area contributed by atoms with Gasteiger partial charge in [0.15, 0.2) is 11.5 Å². The number of benzene rings is 1. The maximum atomic E-state index is 12.4. The molecule has 1 atom stereocenters. The van der Waals surface area contributed by atoms with E-state index < -0.39 is 0 Å². The zero-order chi connectivity index (χ0) is 19.9. The second-order valence-corrected chi connectivity index (χ2v) is 7.26. The van der Waals surface area contributed by atoms with Crippen molar-refractivity contribution in [3.63, 3.8) is 0 Å². The molecule has 4 nitrogen and oxygen atoms in total. The maximum Gasteiger partial charge on any atom is 0.314 e. The van der Waals surface area contributed by atoms with Crippen LogP contribution in [0, 0.1) is 5.92 Å². The molecule has 0 heterocycles. The summed E-state index contributed by atoms with van der Waals surface area (Å²) in [6, 6.07) is 6.86. The van der Waals surface area contributed by atoms with Gasteiger partial charge in [-0.1, -0.05) is 84.3 Å². The molecule has 0 N–H and O–H groups in total. The molecule has 152 valence electrons. The summed E-state index contributed by atoms with van der Waals surface area (Å²) in [6.07, 6.45) is 11.5. The zero-order valence-electron chi connectivity index (χ0n) is 17.3. The quantitative estimate of drug-likeness (QED) is 0.212. The second kappa shape index (κ2) is 14.2. The highest BCUT2D eigenvalue weighted by molar-refractivity contribution is 5.77. The van der Waals surface area contributed by atoms with Gasteiger partial charge in [-0.25, -0.2) is 0 Å². The van der Waals surface area contributed by atoms with Gasteiger partial charge in [-0.05, 0) is 25.0 Å². The van der Waals surface area contributed by atoms with Crippen LogP contribution in [0.3, 0.4) is 0 Å². The Balaban J connectivity index is 2.41. The molecule has 1 unspecified atom stereocenters. The topological polar surface area (TPSA) is 52.6 Å². The predicted molar refractivity (Wildman–Crippen MR) is 109 cm³/mol. The van der Waals surface area contributed by atoms with E-state index in [1.165, 1.54) is 32.1 Å². The van der Waals surface area contributed by atoms with E-state index in [2.05, 4.69) is 6.92 Å². The first-order valence-corrected chi connectivity index (χ1v) is 10.6. The molecule has 0 spiro atoms. The number of unbranched alkanes of at least 4 members (excludes halogenated alkanes) is 7. The van der Waals surface area contributed by atoms with Crippen LogP contribution in [0.4, 0.5) is 0 Å². The van der Waals surface area contributed by atoms with Crippen molar-refractivity contribution in [3.8, 4) is 11.5 Å². The van der Waals surface area contributed by atoms with Gasteiger partial charge in [0.25, 0.3) is 0 Å². The fraction of sp³-hybridized carbons (Fsp3) is 0.652. The summed E-state index contributed by atoms with van der Waals surface area (Å²) in [5.41, 5.74) is 0. The van der Waals surface area contributed by atoms with Crippen molar-refractivity contribution in [3.05, 3.63) is 24.3 Å². The van der Waals surface area contributed by atoms with Crippen LogP contribution in [0.25, 0.3) is 0 Å². The molecule has 4 heteroatoms. The van der Waals surface area contributed by atoms with Crippen molar-refractivity contribution in [1.82, 2.24) is 0 Å². The fourth-order valence-electron chi connectivity index (χ4n) is 2.85. The van der Waals surface area contributed by atoms with Crippen molar-refractivity contribution in [1.29, 1.82) is 0 Å². The van der Waals surface area contributed by atoms with E-state index in [9.17, 15) is 9.59 Å². The van der Waals surface area contributed by atoms with Gasteiger partial charge in [-0.3, -0.25) is 9.59 Å². The number of esters is 2. The number of rotatable bonds is 14. The average molecular weight is 377 g/mol. The van der Waals surface area contributed by atoms with Crippen LogP contribution in [-0.2, 0) is 9.59 Å². The third-order valence-corrected chi connectivity index (χ3v) is 4.66. The molecule has 0 aliphatic heterocycles. The third kappa shape index (κ3) is 10.2. The summed E-state index contributed by atoms with van der Waals surface area (Å²) >= 11 is 0. The van der Waals surface area contributed by atoms with Crippen LogP contribution in [-0.4, -0.2) is 11.9 Å². The molecular weight excluding hydrogens is 340 g/mol. The third-order valence-electron chi connectivity index (χ3n) is 4.66. The monoisotopic (exact) mass is 376 g/mol. The van der Waals surface area contributed by atoms with Gasteiger partial charge in [-0.2, -0.15) is 0 Å². The number of hydrogen-bond donors (Lipinski definition) is 0. The van der Waals surface area contributed by atoms with Crippen molar-refractivity contribution in [2.24, 2.45) is 5.92 Å². The molecule has 1 aromatic carbocycles. The summed E-state index contributed by atoms with van der Waals surface area (Å²) in [4.78, 5) is 24.2. The zero-order valence-corrected chi connectivity index (χ0v) is 17.3. The molecule has 0 aliphatic rings. The van der Waals surface area contributed by atoms with E-state index in [0.717, 1.165) is 32.1 Å². The van der Waals surface area contributed by atoms with Gasteiger partial charge in [0.05, 0.1) is 5.92 Å². The lowest BCUT2D eigenvalue weighted by Crippen LogP contribution is -2.18. The van der Waals surface area contributed by atoms with Crippen LogP contribution in [0.15, 0.2) is 24.3 Å². The molecule has 27 heavy (non-hydrogen) atoms. The van der Waals surface area contributed by atoms with Gasteiger partial charge >= 0.3 is 11.9 Å². The molecule has 1 aromatic rings. The van der Waals surface area contributed by atoms with Crippen LogP contribution in [0.5, 0.6) is 11.5 Å². The Hall–Kier alpha value is -1.84. The molecule has 0 fully saturated rings. The minimum atomic E-state index is -0.295. The summed E-state index contributed by atoms with van der Waals surface area (Å²) in [7, 11) is 0. The highest BCUT2D eigenvalue weighted by Gasteiger charge is 2.18. The van der Waals surface area contributed by atoms with E-state index in [0.29, 0.717) is 17.9 Å². The fourth-order valence-corrected chi connectivity index (χ4v) is 2.85. The Morgan fingerprint density at radius 2 is 1.37 bits per heavy atom. The average Bonchev–Trinajstić information content (AvgIpc) is 2.67. The first-order valence-electron chi connectivity index (χ1n) is 10.6. The van der Waals surface area contributed by atoms with Crippen LogP contribution in [0.1, 0.15) is 91.4 Å². The second-order valence-electron chi connectivity index (χ2n) is 7.26. The van der Waals surface area contributed by atoms with Gasteiger partial charge in [0.2, 0.25) is 0 Å². The number of para-hydroxylation sites is 2. The van der Waals surface area contributed by atoms with E-state index in [1.54, 1.807) is 24.3 Å². The van der Waals surface area contributed by atoms with Gasteiger partial charge in [-0.15, -0.1) is 0 Å². The molecule has 0 aromatic heterocycles. The lowest BCUT2D eigenvalue weighted by atomic mass is 10.0. The minimum absolute atomic E-state index is 0.163. The molecule has 1 rings (SSSR count). The normalized spacial score (nSPS) is 11.8. The SMILES string of the molecule is CCCCCCCCCC(C)C(=O)Oc1ccccc1OC(=O)CCCC. The summed E-state index contributed by atoms with van der Waals surface area (Å²) in [6.45, 7) is 6.14. The Bertz CT molecular complexity index is 553. The molecular formula is C23H36O4. The summed E-state index contributed by atoms with van der Waals surface area (Å²) < 4.78 is 10.9. The first-order chi connectivity index (χ1) is 13.1. The van der Waals surface area contributed by atoms with E-state index in [4.69, 9.17) is 9.47 Å². The van der Waals surface area contributed by atoms with Gasteiger partial charge in [0.1, 0.15) is 0 Å². The highest BCUT2D eigenvalue weighted by Crippen LogP contribution is 2.28. The van der Waals surface area contributed by atoms with Crippen LogP contribution in [0.2, 0.25) is 0 Å². The van der Waals surface area contributed by atoms with Crippen molar-refractivity contribution in [2.45, 2.75) is 91.4 Å². The Labute approximate surface area is 164 Å². The lowest BCUT2D eigenvalue weighted by Gasteiger charge is -2.13. The van der Waals surface area contributed by atoms with Crippen molar-refractivity contribution < 1.29 is 19.1 Å². The molecule has 0 saturated carbocycles. The Kier molecular flexibility index (Phi) is 12.2. The van der Waals surface area contributed by atoms with Crippen LogP contribution >= 0.6 is 0 Å². The minimum Gasteiger partial charge on any atom is -0.423 e. The van der Waals surface area contributed by atoms with Crippen molar-refractivity contribution >= 4 is 11.9 Å². The van der Waals surface area contributed by atoms with Crippen LogP contribution < -0.4 is 9.47 Å². The molecule has 0 aliphatic carbocycles. The van der Waals surface area contributed by atoms with E-state index in [1.807, 2.05) is 13.8 Å². The smallest absolute Gasteiger partial charge is 0.314 e. The maximum absolute atomic E-state index is 12.4. The van der Waals surface area contributed by atoms with Crippen molar-refractivity contribution in [2.75, 3.05) is 0 Å². The van der Waals surface area contributed by atoms with E-state index >= 15 is 0 Å².